The van der Waals surface area contributed by atoms with Crippen molar-refractivity contribution in [3.63, 3.8) is 0 Å². The van der Waals surface area contributed by atoms with E-state index in [2.05, 4.69) is 48.5 Å². The fourth-order valence-corrected chi connectivity index (χ4v) is 3.87. The van der Waals surface area contributed by atoms with Gasteiger partial charge in [-0.1, -0.05) is 72.8 Å². The Morgan fingerprint density at radius 3 is 0.806 bits per heavy atom. The van der Waals surface area contributed by atoms with E-state index in [9.17, 15) is 9.59 Å². The number of hydrogen-bond acceptors (Lipinski definition) is 4. The van der Waals surface area contributed by atoms with Gasteiger partial charge in [0.15, 0.2) is 0 Å². The van der Waals surface area contributed by atoms with Gasteiger partial charge in [0.1, 0.15) is 0 Å². The van der Waals surface area contributed by atoms with Crippen LogP contribution in [0.1, 0.15) is 48.4 Å². The zero-order chi connectivity index (χ0) is 25.7. The van der Waals surface area contributed by atoms with E-state index in [1.807, 2.05) is 52.0 Å². The molecule has 36 heavy (non-hydrogen) atoms. The van der Waals surface area contributed by atoms with Crippen molar-refractivity contribution in [3.8, 4) is 33.4 Å². The molecular weight excluding hydrogens is 448 g/mol. The molecule has 0 spiro atoms. The first-order valence-corrected chi connectivity index (χ1v) is 12.1. The molecule has 4 aromatic rings. The minimum absolute atomic E-state index is 0.139. The van der Waals surface area contributed by atoms with E-state index in [0.29, 0.717) is 11.1 Å². The van der Waals surface area contributed by atoms with Crippen molar-refractivity contribution in [2.75, 3.05) is 0 Å². The first kappa shape index (κ1) is 24.9. The molecule has 0 amide bonds. The number of esters is 2. The lowest BCUT2D eigenvalue weighted by Crippen LogP contribution is -2.11. The summed E-state index contributed by atoms with van der Waals surface area (Å²) < 4.78 is 10.5. The van der Waals surface area contributed by atoms with Crippen molar-refractivity contribution in [1.82, 2.24) is 0 Å². The first-order valence-electron chi connectivity index (χ1n) is 12.1. The molecule has 0 saturated heterocycles. The highest BCUT2D eigenvalue weighted by molar-refractivity contribution is 5.91. The predicted octanol–water partition coefficient (Wildman–Crippen LogP) is 7.82. The summed E-state index contributed by atoms with van der Waals surface area (Å²) >= 11 is 0. The van der Waals surface area contributed by atoms with Crippen LogP contribution < -0.4 is 0 Å². The van der Waals surface area contributed by atoms with Gasteiger partial charge in [0, 0.05) is 0 Å². The molecule has 0 saturated carbocycles. The Balaban J connectivity index is 1.44. The Morgan fingerprint density at radius 2 is 0.611 bits per heavy atom. The van der Waals surface area contributed by atoms with Crippen LogP contribution in [0.2, 0.25) is 0 Å². The quantitative estimate of drug-likeness (QED) is 0.254. The Hall–Kier alpha value is -4.18. The number of carbonyl (C=O) groups excluding carboxylic acids is 2. The van der Waals surface area contributed by atoms with Crippen LogP contribution in [0, 0.1) is 0 Å². The van der Waals surface area contributed by atoms with Gasteiger partial charge >= 0.3 is 11.9 Å². The van der Waals surface area contributed by atoms with Gasteiger partial charge < -0.3 is 9.47 Å². The summed E-state index contributed by atoms with van der Waals surface area (Å²) in [7, 11) is 0. The molecule has 0 N–H and O–H groups in total. The number of benzene rings is 4. The first-order chi connectivity index (χ1) is 17.3. The van der Waals surface area contributed by atoms with Gasteiger partial charge in [-0.25, -0.2) is 9.59 Å². The molecule has 0 bridgehead atoms. The molecule has 0 aliphatic rings. The monoisotopic (exact) mass is 478 g/mol. The summed E-state index contributed by atoms with van der Waals surface area (Å²) in [5.41, 5.74) is 7.58. The van der Waals surface area contributed by atoms with Gasteiger partial charge in [0.25, 0.3) is 0 Å². The van der Waals surface area contributed by atoms with Crippen LogP contribution in [0.5, 0.6) is 0 Å². The van der Waals surface area contributed by atoms with Crippen molar-refractivity contribution in [3.05, 3.63) is 108 Å². The SMILES string of the molecule is CC(C)OC(=O)c1ccc(-c2ccc(-c3ccc(-c4ccc(C(=O)OC(C)C)cc4)cc3)cc2)cc1. The fourth-order valence-electron chi connectivity index (χ4n) is 3.87. The standard InChI is InChI=1S/C32H30O4/c1-21(2)35-31(33)29-17-13-27(14-18-29)25-9-5-23(6-10-25)24-7-11-26(12-8-24)28-15-19-30(20-16-28)32(34)36-22(3)4/h5-22H,1-4H3. The zero-order valence-corrected chi connectivity index (χ0v) is 21.0. The van der Waals surface area contributed by atoms with Gasteiger partial charge in [0.05, 0.1) is 23.3 Å². The minimum atomic E-state index is -0.306. The summed E-state index contributed by atoms with van der Waals surface area (Å²) in [5, 5.41) is 0. The molecule has 0 heterocycles. The number of rotatable bonds is 7. The fraction of sp³-hybridized carbons (Fsp3) is 0.188. The Labute approximate surface area is 212 Å². The van der Waals surface area contributed by atoms with Gasteiger partial charge in [0.2, 0.25) is 0 Å². The Kier molecular flexibility index (Phi) is 7.65. The molecule has 4 rings (SSSR count). The average molecular weight is 479 g/mol. The number of carbonyl (C=O) groups is 2. The largest absolute Gasteiger partial charge is 0.459 e. The van der Waals surface area contributed by atoms with E-state index in [0.717, 1.165) is 33.4 Å². The zero-order valence-electron chi connectivity index (χ0n) is 21.0. The van der Waals surface area contributed by atoms with Crippen LogP contribution in [-0.4, -0.2) is 24.1 Å². The molecule has 4 heteroatoms. The molecule has 182 valence electrons. The van der Waals surface area contributed by atoms with Crippen LogP contribution in [0.15, 0.2) is 97.1 Å². The van der Waals surface area contributed by atoms with E-state index in [4.69, 9.17) is 9.47 Å². The topological polar surface area (TPSA) is 52.6 Å². The smallest absolute Gasteiger partial charge is 0.338 e. The van der Waals surface area contributed by atoms with E-state index < -0.39 is 0 Å². The Morgan fingerprint density at radius 1 is 0.417 bits per heavy atom. The molecule has 0 radical (unpaired) electrons. The van der Waals surface area contributed by atoms with Crippen molar-refractivity contribution < 1.29 is 19.1 Å². The van der Waals surface area contributed by atoms with Crippen molar-refractivity contribution >= 4 is 11.9 Å². The molecule has 0 aromatic heterocycles. The highest BCUT2D eigenvalue weighted by atomic mass is 16.5. The van der Waals surface area contributed by atoms with Crippen LogP contribution in [-0.2, 0) is 9.47 Å². The number of hydrogen-bond donors (Lipinski definition) is 0. The molecule has 4 nitrogen and oxygen atoms in total. The predicted molar refractivity (Wildman–Crippen MR) is 144 cm³/mol. The minimum Gasteiger partial charge on any atom is -0.459 e. The third kappa shape index (κ3) is 6.08. The summed E-state index contributed by atoms with van der Waals surface area (Å²) in [6.07, 6.45) is -0.278. The molecule has 0 aliphatic heterocycles. The second-order valence-corrected chi connectivity index (χ2v) is 9.22. The summed E-state index contributed by atoms with van der Waals surface area (Å²) in [6, 6.07) is 31.7. The van der Waals surface area contributed by atoms with Crippen molar-refractivity contribution in [2.24, 2.45) is 0 Å². The highest BCUT2D eigenvalue weighted by Crippen LogP contribution is 2.28. The van der Waals surface area contributed by atoms with Crippen molar-refractivity contribution in [2.45, 2.75) is 39.9 Å². The maximum absolute atomic E-state index is 12.1. The lowest BCUT2D eigenvalue weighted by Gasteiger charge is -2.10. The van der Waals surface area contributed by atoms with Crippen LogP contribution in [0.3, 0.4) is 0 Å². The van der Waals surface area contributed by atoms with Crippen LogP contribution in [0.4, 0.5) is 0 Å². The molecule has 0 fully saturated rings. The third-order valence-electron chi connectivity index (χ3n) is 5.70. The average Bonchev–Trinajstić information content (AvgIpc) is 2.88. The van der Waals surface area contributed by atoms with E-state index in [-0.39, 0.29) is 24.1 Å². The van der Waals surface area contributed by atoms with Gasteiger partial charge in [-0.05, 0) is 85.3 Å². The third-order valence-corrected chi connectivity index (χ3v) is 5.70. The molecule has 0 atom stereocenters. The molecule has 0 aliphatic carbocycles. The highest BCUT2D eigenvalue weighted by Gasteiger charge is 2.11. The van der Waals surface area contributed by atoms with Crippen molar-refractivity contribution in [1.29, 1.82) is 0 Å². The van der Waals surface area contributed by atoms with E-state index in [1.54, 1.807) is 24.3 Å². The van der Waals surface area contributed by atoms with Crippen LogP contribution in [0.25, 0.3) is 33.4 Å². The molecule has 0 unspecified atom stereocenters. The normalized spacial score (nSPS) is 10.9. The summed E-state index contributed by atoms with van der Waals surface area (Å²) in [5.74, 6) is -0.611. The Bertz CT molecular complexity index is 1210. The maximum Gasteiger partial charge on any atom is 0.338 e. The van der Waals surface area contributed by atoms with E-state index in [1.165, 1.54) is 0 Å². The second kappa shape index (κ2) is 11.0. The number of ether oxygens (including phenoxy) is 2. The lowest BCUT2D eigenvalue weighted by atomic mass is 9.97. The molecule has 4 aromatic carbocycles. The van der Waals surface area contributed by atoms with Crippen LogP contribution >= 0.6 is 0 Å². The summed E-state index contributed by atoms with van der Waals surface area (Å²) in [6.45, 7) is 7.36. The van der Waals surface area contributed by atoms with E-state index >= 15 is 0 Å². The van der Waals surface area contributed by atoms with Gasteiger partial charge in [-0.3, -0.25) is 0 Å². The second-order valence-electron chi connectivity index (χ2n) is 9.22. The van der Waals surface area contributed by atoms with Gasteiger partial charge in [-0.2, -0.15) is 0 Å². The summed E-state index contributed by atoms with van der Waals surface area (Å²) in [4.78, 5) is 24.1. The lowest BCUT2D eigenvalue weighted by molar-refractivity contribution is 0.0367. The molecular formula is C32H30O4. The van der Waals surface area contributed by atoms with Gasteiger partial charge in [-0.15, -0.1) is 0 Å². The maximum atomic E-state index is 12.1.